The minimum absolute atomic E-state index is 0.0988. The van der Waals surface area contributed by atoms with E-state index in [2.05, 4.69) is 4.98 Å². The number of carbonyl (C=O) groups is 1. The molecule has 0 atom stereocenters. The summed E-state index contributed by atoms with van der Waals surface area (Å²) in [4.78, 5) is 16.8. The fraction of sp³-hybridized carbons (Fsp3) is 0.286. The molecule has 1 aromatic heterocycles. The van der Waals surface area contributed by atoms with E-state index >= 15 is 0 Å². The largest absolute Gasteiger partial charge is 0.294 e. The van der Waals surface area contributed by atoms with Gasteiger partial charge in [0.2, 0.25) is 0 Å². The van der Waals surface area contributed by atoms with Gasteiger partial charge in [0.25, 0.3) is 0 Å². The molecule has 0 saturated carbocycles. The molecular formula is C14H14ClNOS. The first-order valence-corrected chi connectivity index (χ1v) is 7.03. The van der Waals surface area contributed by atoms with Gasteiger partial charge in [-0.3, -0.25) is 4.79 Å². The predicted molar refractivity (Wildman–Crippen MR) is 75.8 cm³/mol. The van der Waals surface area contributed by atoms with Gasteiger partial charge in [0.15, 0.2) is 5.78 Å². The topological polar surface area (TPSA) is 30.0 Å². The number of aryl methyl sites for hydroxylation is 1. The molecule has 1 heterocycles. The van der Waals surface area contributed by atoms with Gasteiger partial charge >= 0.3 is 0 Å². The van der Waals surface area contributed by atoms with Crippen LogP contribution in [0.3, 0.4) is 0 Å². The first-order valence-electron chi connectivity index (χ1n) is 5.84. The number of thiazole rings is 1. The second kappa shape index (κ2) is 5.63. The summed E-state index contributed by atoms with van der Waals surface area (Å²) in [5.41, 5.74) is 2.03. The Balaban J connectivity index is 2.27. The normalized spacial score (nSPS) is 10.6. The summed E-state index contributed by atoms with van der Waals surface area (Å²) in [6.45, 7) is 3.61. The van der Waals surface area contributed by atoms with Crippen LogP contribution in [0.2, 0.25) is 5.02 Å². The zero-order valence-electron chi connectivity index (χ0n) is 10.4. The molecule has 0 bridgehead atoms. The van der Waals surface area contributed by atoms with Crippen LogP contribution in [0.25, 0.3) is 0 Å². The zero-order valence-corrected chi connectivity index (χ0v) is 11.9. The number of carbonyl (C=O) groups excluding carboxylic acids is 1. The smallest absolute Gasteiger partial charge is 0.171 e. The van der Waals surface area contributed by atoms with Crippen molar-refractivity contribution in [2.45, 2.75) is 26.7 Å². The van der Waals surface area contributed by atoms with Crippen LogP contribution in [0, 0.1) is 0 Å². The van der Waals surface area contributed by atoms with Gasteiger partial charge in [0.05, 0.1) is 15.6 Å². The van der Waals surface area contributed by atoms with Crippen molar-refractivity contribution in [2.75, 3.05) is 0 Å². The lowest BCUT2D eigenvalue weighted by atomic mass is 10.1. The summed E-state index contributed by atoms with van der Waals surface area (Å²) in [6, 6.07) is 7.73. The molecule has 0 aliphatic heterocycles. The molecule has 0 N–H and O–H groups in total. The second-order valence-corrected chi connectivity index (χ2v) is 5.62. The van der Waals surface area contributed by atoms with Gasteiger partial charge in [-0.15, -0.1) is 11.3 Å². The second-order valence-electron chi connectivity index (χ2n) is 4.10. The summed E-state index contributed by atoms with van der Waals surface area (Å²) < 4.78 is 0. The highest BCUT2D eigenvalue weighted by atomic mass is 35.5. The lowest BCUT2D eigenvalue weighted by Gasteiger charge is -1.98. The van der Waals surface area contributed by atoms with Crippen LogP contribution >= 0.6 is 22.9 Å². The van der Waals surface area contributed by atoms with Crippen molar-refractivity contribution in [3.8, 4) is 0 Å². The molecule has 18 heavy (non-hydrogen) atoms. The molecule has 2 rings (SSSR count). The molecule has 0 radical (unpaired) electrons. The summed E-state index contributed by atoms with van der Waals surface area (Å²) in [6.07, 6.45) is 1.52. The SMILES string of the molecule is CCc1nc(Cc2cccc(Cl)c2)sc1C(C)=O. The van der Waals surface area contributed by atoms with E-state index in [0.29, 0.717) is 0 Å². The van der Waals surface area contributed by atoms with Gasteiger partial charge in [-0.1, -0.05) is 30.7 Å². The summed E-state index contributed by atoms with van der Waals surface area (Å²) in [5.74, 6) is 0.0988. The third-order valence-corrected chi connectivity index (χ3v) is 4.07. The summed E-state index contributed by atoms with van der Waals surface area (Å²) in [7, 11) is 0. The Hall–Kier alpha value is -1.19. The molecule has 0 fully saturated rings. The Labute approximate surface area is 116 Å². The molecule has 0 amide bonds. The Morgan fingerprint density at radius 3 is 2.78 bits per heavy atom. The number of rotatable bonds is 4. The minimum Gasteiger partial charge on any atom is -0.294 e. The van der Waals surface area contributed by atoms with E-state index in [0.717, 1.165) is 39.0 Å². The number of nitrogens with zero attached hydrogens (tertiary/aromatic N) is 1. The van der Waals surface area contributed by atoms with Gasteiger partial charge in [-0.2, -0.15) is 0 Å². The highest BCUT2D eigenvalue weighted by molar-refractivity contribution is 7.13. The van der Waals surface area contributed by atoms with E-state index in [4.69, 9.17) is 11.6 Å². The van der Waals surface area contributed by atoms with Crippen molar-refractivity contribution in [1.29, 1.82) is 0 Å². The van der Waals surface area contributed by atoms with Crippen molar-refractivity contribution in [1.82, 2.24) is 4.98 Å². The van der Waals surface area contributed by atoms with Crippen molar-refractivity contribution >= 4 is 28.7 Å². The van der Waals surface area contributed by atoms with Crippen molar-refractivity contribution < 1.29 is 4.79 Å². The van der Waals surface area contributed by atoms with Gasteiger partial charge in [-0.05, 0) is 24.1 Å². The third-order valence-electron chi connectivity index (χ3n) is 2.64. The van der Waals surface area contributed by atoms with Crippen LogP contribution in [0.5, 0.6) is 0 Å². The van der Waals surface area contributed by atoms with Crippen molar-refractivity contribution in [3.63, 3.8) is 0 Å². The Morgan fingerprint density at radius 2 is 2.22 bits per heavy atom. The number of hydrogen-bond acceptors (Lipinski definition) is 3. The molecule has 2 nitrogen and oxygen atoms in total. The number of benzene rings is 1. The Kier molecular flexibility index (Phi) is 4.15. The van der Waals surface area contributed by atoms with E-state index in [1.807, 2.05) is 31.2 Å². The molecule has 4 heteroatoms. The van der Waals surface area contributed by atoms with Crippen molar-refractivity contribution in [2.24, 2.45) is 0 Å². The minimum atomic E-state index is 0.0988. The lowest BCUT2D eigenvalue weighted by molar-refractivity contribution is 0.102. The zero-order chi connectivity index (χ0) is 13.1. The fourth-order valence-corrected chi connectivity index (χ4v) is 3.11. The quantitative estimate of drug-likeness (QED) is 0.787. The molecule has 94 valence electrons. The van der Waals surface area contributed by atoms with Gasteiger partial charge in [0.1, 0.15) is 0 Å². The third kappa shape index (κ3) is 2.98. The average molecular weight is 280 g/mol. The average Bonchev–Trinajstić information content (AvgIpc) is 2.72. The maximum absolute atomic E-state index is 11.5. The molecule has 0 aliphatic rings. The number of halogens is 1. The molecular weight excluding hydrogens is 266 g/mol. The molecule has 0 saturated heterocycles. The summed E-state index contributed by atoms with van der Waals surface area (Å²) in [5, 5.41) is 1.70. The van der Waals surface area contributed by atoms with Gasteiger partial charge < -0.3 is 0 Å². The van der Waals surface area contributed by atoms with Crippen LogP contribution < -0.4 is 0 Å². The van der Waals surface area contributed by atoms with Crippen LogP contribution in [-0.4, -0.2) is 10.8 Å². The van der Waals surface area contributed by atoms with Crippen LogP contribution in [-0.2, 0) is 12.8 Å². The molecule has 0 aliphatic carbocycles. The van der Waals surface area contributed by atoms with Gasteiger partial charge in [0, 0.05) is 18.4 Å². The predicted octanol–water partition coefficient (Wildman–Crippen LogP) is 4.15. The number of Topliss-reactive ketones (excluding diaryl/α,β-unsaturated/α-hetero) is 1. The highest BCUT2D eigenvalue weighted by Gasteiger charge is 2.13. The number of ketones is 1. The van der Waals surface area contributed by atoms with Crippen LogP contribution in [0.1, 0.15) is 39.8 Å². The number of aromatic nitrogens is 1. The summed E-state index contributed by atoms with van der Waals surface area (Å²) >= 11 is 7.44. The first-order chi connectivity index (χ1) is 8.60. The number of hydrogen-bond donors (Lipinski definition) is 0. The first kappa shape index (κ1) is 13.2. The van der Waals surface area contributed by atoms with E-state index in [9.17, 15) is 4.79 Å². The Bertz CT molecular complexity index is 577. The molecule has 0 unspecified atom stereocenters. The molecule has 1 aromatic carbocycles. The maximum atomic E-state index is 11.5. The van der Waals surface area contributed by atoms with E-state index in [-0.39, 0.29) is 5.78 Å². The monoisotopic (exact) mass is 279 g/mol. The molecule has 0 spiro atoms. The van der Waals surface area contributed by atoms with Crippen molar-refractivity contribution in [3.05, 3.63) is 50.4 Å². The van der Waals surface area contributed by atoms with Gasteiger partial charge in [-0.25, -0.2) is 4.98 Å². The standard InChI is InChI=1S/C14H14ClNOS/c1-3-12-14(9(2)17)18-13(16-12)8-10-5-4-6-11(15)7-10/h4-7H,3,8H2,1-2H3. The Morgan fingerprint density at radius 1 is 1.44 bits per heavy atom. The van der Waals surface area contributed by atoms with Crippen LogP contribution in [0.4, 0.5) is 0 Å². The maximum Gasteiger partial charge on any atom is 0.171 e. The van der Waals surface area contributed by atoms with E-state index < -0.39 is 0 Å². The fourth-order valence-electron chi connectivity index (χ4n) is 1.81. The van der Waals surface area contributed by atoms with Crippen LogP contribution in [0.15, 0.2) is 24.3 Å². The van der Waals surface area contributed by atoms with E-state index in [1.54, 1.807) is 6.92 Å². The van der Waals surface area contributed by atoms with E-state index in [1.165, 1.54) is 11.3 Å². The highest BCUT2D eigenvalue weighted by Crippen LogP contribution is 2.23. The molecule has 2 aromatic rings. The lowest BCUT2D eigenvalue weighted by Crippen LogP contribution is -1.93.